The Bertz CT molecular complexity index is 944. The molecule has 4 rings (SSSR count). The van der Waals surface area contributed by atoms with Crippen LogP contribution in [0.2, 0.25) is 0 Å². The van der Waals surface area contributed by atoms with Crippen molar-refractivity contribution >= 4 is 16.8 Å². The first kappa shape index (κ1) is 19.6. The minimum atomic E-state index is 0.0803. The third kappa shape index (κ3) is 4.85. The lowest BCUT2D eigenvalue weighted by atomic mass is 9.94. The second-order valence-electron chi connectivity index (χ2n) is 8.09. The van der Waals surface area contributed by atoms with Crippen LogP contribution in [0.15, 0.2) is 48.8 Å². The molecule has 0 bridgehead atoms. The van der Waals surface area contributed by atoms with E-state index in [1.54, 1.807) is 6.20 Å². The van der Waals surface area contributed by atoms with E-state index in [-0.39, 0.29) is 5.91 Å². The highest BCUT2D eigenvalue weighted by Gasteiger charge is 2.17. The molecule has 5 nitrogen and oxygen atoms in total. The zero-order chi connectivity index (χ0) is 20.1. The molecule has 1 aliphatic rings. The van der Waals surface area contributed by atoms with Crippen molar-refractivity contribution < 1.29 is 4.79 Å². The van der Waals surface area contributed by atoms with Crippen molar-refractivity contribution in [2.24, 2.45) is 0 Å². The molecule has 2 N–H and O–H groups in total. The fourth-order valence-corrected chi connectivity index (χ4v) is 4.34. The number of likely N-dealkylation sites (N-methyl/N-ethyl adjacent to an activating group) is 1. The zero-order valence-corrected chi connectivity index (χ0v) is 17.2. The first-order valence-corrected chi connectivity index (χ1v) is 10.7. The van der Waals surface area contributed by atoms with Crippen molar-refractivity contribution in [3.05, 3.63) is 54.4 Å². The number of amides is 1. The van der Waals surface area contributed by atoms with Crippen LogP contribution >= 0.6 is 0 Å². The van der Waals surface area contributed by atoms with Gasteiger partial charge in [0.25, 0.3) is 0 Å². The van der Waals surface area contributed by atoms with Gasteiger partial charge in [0.1, 0.15) is 0 Å². The summed E-state index contributed by atoms with van der Waals surface area (Å²) in [7, 11) is 2.18. The molecule has 2 heterocycles. The number of carbonyl (C=O) groups is 1. The molecule has 1 aromatic carbocycles. The molecule has 0 radical (unpaired) electrons. The number of benzene rings is 1. The second-order valence-corrected chi connectivity index (χ2v) is 8.09. The molecule has 1 saturated carbocycles. The van der Waals surface area contributed by atoms with Crippen molar-refractivity contribution in [2.75, 3.05) is 20.1 Å². The molecule has 1 aliphatic carbocycles. The van der Waals surface area contributed by atoms with Crippen molar-refractivity contribution in [2.45, 2.75) is 44.6 Å². The molecule has 0 aliphatic heterocycles. The molecule has 2 aromatic heterocycles. The number of aromatic nitrogens is 2. The summed E-state index contributed by atoms with van der Waals surface area (Å²) in [6, 6.07) is 12.8. The van der Waals surface area contributed by atoms with Gasteiger partial charge in [-0.2, -0.15) is 0 Å². The average Bonchev–Trinajstić information content (AvgIpc) is 3.16. The number of carbonyl (C=O) groups excluding carboxylic acids is 1. The Morgan fingerprint density at radius 1 is 1.21 bits per heavy atom. The van der Waals surface area contributed by atoms with E-state index >= 15 is 0 Å². The summed E-state index contributed by atoms with van der Waals surface area (Å²) in [4.78, 5) is 22.6. The van der Waals surface area contributed by atoms with E-state index in [0.29, 0.717) is 19.0 Å². The maximum atomic E-state index is 12.4. The van der Waals surface area contributed by atoms with Crippen LogP contribution in [-0.2, 0) is 11.2 Å². The first-order chi connectivity index (χ1) is 14.2. The Morgan fingerprint density at radius 3 is 2.86 bits per heavy atom. The van der Waals surface area contributed by atoms with Crippen LogP contribution < -0.4 is 5.32 Å². The summed E-state index contributed by atoms with van der Waals surface area (Å²) in [5.74, 6) is 0.0803. The highest BCUT2D eigenvalue weighted by atomic mass is 16.1. The van der Waals surface area contributed by atoms with Crippen molar-refractivity contribution in [1.82, 2.24) is 20.2 Å². The summed E-state index contributed by atoms with van der Waals surface area (Å²) in [6.45, 7) is 1.62. The molecule has 0 saturated heterocycles. The van der Waals surface area contributed by atoms with E-state index in [0.717, 1.165) is 34.3 Å². The molecule has 5 heteroatoms. The highest BCUT2D eigenvalue weighted by Crippen LogP contribution is 2.25. The summed E-state index contributed by atoms with van der Waals surface area (Å²) < 4.78 is 0. The van der Waals surface area contributed by atoms with Gasteiger partial charge in [0.2, 0.25) is 5.91 Å². The van der Waals surface area contributed by atoms with Gasteiger partial charge in [0, 0.05) is 48.0 Å². The maximum absolute atomic E-state index is 12.4. The molecule has 3 aromatic rings. The SMILES string of the molecule is CN(CCNC(=O)Cc1c[nH]c2cc(-c3ccccn3)ccc12)C1CCCCC1. The number of pyridine rings is 1. The largest absolute Gasteiger partial charge is 0.361 e. The fraction of sp³-hybridized carbons (Fsp3) is 0.417. The number of hydrogen-bond acceptors (Lipinski definition) is 3. The molecule has 1 fully saturated rings. The monoisotopic (exact) mass is 390 g/mol. The third-order valence-electron chi connectivity index (χ3n) is 6.06. The average molecular weight is 391 g/mol. The minimum Gasteiger partial charge on any atom is -0.361 e. The highest BCUT2D eigenvalue weighted by molar-refractivity contribution is 5.91. The van der Waals surface area contributed by atoms with Crippen LogP contribution in [0.25, 0.3) is 22.2 Å². The van der Waals surface area contributed by atoms with Crippen LogP contribution in [0.5, 0.6) is 0 Å². The molecular formula is C24H30N4O. The van der Waals surface area contributed by atoms with E-state index in [1.165, 1.54) is 32.1 Å². The Labute approximate surface area is 172 Å². The van der Waals surface area contributed by atoms with E-state index in [4.69, 9.17) is 0 Å². The predicted octanol–water partition coefficient (Wildman–Crippen LogP) is 4.15. The molecule has 0 spiro atoms. The lowest BCUT2D eigenvalue weighted by molar-refractivity contribution is -0.120. The van der Waals surface area contributed by atoms with Gasteiger partial charge >= 0.3 is 0 Å². The Hall–Kier alpha value is -2.66. The molecule has 1 amide bonds. The van der Waals surface area contributed by atoms with Gasteiger partial charge in [-0.25, -0.2) is 0 Å². The predicted molar refractivity (Wildman–Crippen MR) is 118 cm³/mol. The molecule has 0 unspecified atom stereocenters. The van der Waals surface area contributed by atoms with Crippen LogP contribution in [0, 0.1) is 0 Å². The van der Waals surface area contributed by atoms with Crippen LogP contribution in [0.4, 0.5) is 0 Å². The van der Waals surface area contributed by atoms with E-state index in [2.05, 4.69) is 45.4 Å². The molecule has 152 valence electrons. The Balaban J connectivity index is 1.32. The van der Waals surface area contributed by atoms with Gasteiger partial charge in [0.05, 0.1) is 12.1 Å². The van der Waals surface area contributed by atoms with Gasteiger partial charge in [0.15, 0.2) is 0 Å². The smallest absolute Gasteiger partial charge is 0.224 e. The second kappa shape index (κ2) is 9.23. The lowest BCUT2D eigenvalue weighted by Crippen LogP contribution is -2.39. The molecule has 29 heavy (non-hydrogen) atoms. The first-order valence-electron chi connectivity index (χ1n) is 10.7. The van der Waals surface area contributed by atoms with Gasteiger partial charge < -0.3 is 15.2 Å². The Kier molecular flexibility index (Phi) is 6.25. The number of H-pyrrole nitrogens is 1. The zero-order valence-electron chi connectivity index (χ0n) is 17.2. The van der Waals surface area contributed by atoms with Crippen LogP contribution in [0.3, 0.4) is 0 Å². The topological polar surface area (TPSA) is 61.0 Å². The number of aromatic amines is 1. The summed E-state index contributed by atoms with van der Waals surface area (Å²) in [6.07, 6.45) is 10.8. The minimum absolute atomic E-state index is 0.0803. The number of fused-ring (bicyclic) bond motifs is 1. The number of nitrogens with zero attached hydrogens (tertiary/aromatic N) is 2. The van der Waals surface area contributed by atoms with Crippen LogP contribution in [0.1, 0.15) is 37.7 Å². The number of rotatable bonds is 7. The normalized spacial score (nSPS) is 15.1. The summed E-state index contributed by atoms with van der Waals surface area (Å²) in [5.41, 5.74) is 4.09. The van der Waals surface area contributed by atoms with E-state index in [1.807, 2.05) is 24.4 Å². The number of nitrogens with one attached hydrogen (secondary N) is 2. The van der Waals surface area contributed by atoms with Crippen molar-refractivity contribution in [1.29, 1.82) is 0 Å². The summed E-state index contributed by atoms with van der Waals surface area (Å²) in [5, 5.41) is 4.18. The van der Waals surface area contributed by atoms with E-state index < -0.39 is 0 Å². The Morgan fingerprint density at radius 2 is 2.07 bits per heavy atom. The fourth-order valence-electron chi connectivity index (χ4n) is 4.34. The van der Waals surface area contributed by atoms with E-state index in [9.17, 15) is 4.79 Å². The van der Waals surface area contributed by atoms with Gasteiger partial charge in [-0.15, -0.1) is 0 Å². The maximum Gasteiger partial charge on any atom is 0.224 e. The van der Waals surface area contributed by atoms with Gasteiger partial charge in [-0.05, 0) is 43.7 Å². The number of hydrogen-bond donors (Lipinski definition) is 2. The quantitative estimate of drug-likeness (QED) is 0.637. The van der Waals surface area contributed by atoms with Crippen molar-refractivity contribution in [3.8, 4) is 11.3 Å². The van der Waals surface area contributed by atoms with Crippen LogP contribution in [-0.4, -0.2) is 47.0 Å². The van der Waals surface area contributed by atoms with Gasteiger partial charge in [-0.3, -0.25) is 9.78 Å². The molecule has 0 atom stereocenters. The third-order valence-corrected chi connectivity index (χ3v) is 6.06. The molecular weight excluding hydrogens is 360 g/mol. The van der Waals surface area contributed by atoms with Crippen molar-refractivity contribution in [3.63, 3.8) is 0 Å². The lowest BCUT2D eigenvalue weighted by Gasteiger charge is -2.31. The standard InChI is InChI=1S/C24H30N4O/c1-28(20-7-3-2-4-8-20)14-13-26-24(29)16-19-17-27-23-15-18(10-11-21(19)23)22-9-5-6-12-25-22/h5-6,9-12,15,17,20,27H,2-4,7-8,13-14,16H2,1H3,(H,26,29). The summed E-state index contributed by atoms with van der Waals surface area (Å²) >= 11 is 0. The van der Waals surface area contributed by atoms with Gasteiger partial charge in [-0.1, -0.05) is 37.5 Å².